The van der Waals surface area contributed by atoms with Crippen LogP contribution in [-0.2, 0) is 4.79 Å². The molecule has 14 heavy (non-hydrogen) atoms. The van der Waals surface area contributed by atoms with Crippen molar-refractivity contribution >= 4 is 5.91 Å². The van der Waals surface area contributed by atoms with Crippen molar-refractivity contribution in [2.75, 3.05) is 13.2 Å². The zero-order valence-electron chi connectivity index (χ0n) is 9.34. The molecule has 0 aromatic heterocycles. The minimum Gasteiger partial charge on any atom is -0.396 e. The Kier molecular flexibility index (Phi) is 5.72. The Morgan fingerprint density at radius 1 is 1.50 bits per heavy atom. The lowest BCUT2D eigenvalue weighted by atomic mass is 9.83. The van der Waals surface area contributed by atoms with Gasteiger partial charge >= 0.3 is 0 Å². The van der Waals surface area contributed by atoms with Crippen LogP contribution in [0.25, 0.3) is 0 Å². The number of nitrogens with one attached hydrogen (secondary N) is 1. The number of carbonyl (C=O) groups excluding carboxylic acids is 1. The summed E-state index contributed by atoms with van der Waals surface area (Å²) in [5, 5.41) is 12.0. The van der Waals surface area contributed by atoms with Crippen LogP contribution in [0, 0.1) is 5.41 Å². The first kappa shape index (κ1) is 13.4. The van der Waals surface area contributed by atoms with Crippen LogP contribution in [0.5, 0.6) is 0 Å². The smallest absolute Gasteiger partial charge is 0.236 e. The van der Waals surface area contributed by atoms with Gasteiger partial charge in [-0.25, -0.2) is 0 Å². The van der Waals surface area contributed by atoms with E-state index in [0.717, 1.165) is 12.8 Å². The highest BCUT2D eigenvalue weighted by Crippen LogP contribution is 2.24. The predicted molar refractivity (Wildman–Crippen MR) is 56.8 cm³/mol. The van der Waals surface area contributed by atoms with Gasteiger partial charge in [0.25, 0.3) is 0 Å². The van der Waals surface area contributed by atoms with E-state index in [-0.39, 0.29) is 17.9 Å². The van der Waals surface area contributed by atoms with E-state index in [1.165, 1.54) is 0 Å². The van der Waals surface area contributed by atoms with Crippen molar-refractivity contribution in [1.82, 2.24) is 5.32 Å². The molecule has 4 nitrogen and oxygen atoms in total. The molecule has 4 N–H and O–H groups in total. The number of aliphatic hydroxyl groups is 1. The lowest BCUT2D eigenvalue weighted by Crippen LogP contribution is -2.45. The van der Waals surface area contributed by atoms with E-state index in [4.69, 9.17) is 5.73 Å². The van der Waals surface area contributed by atoms with Gasteiger partial charge in [0.2, 0.25) is 5.91 Å². The van der Waals surface area contributed by atoms with Gasteiger partial charge in [-0.15, -0.1) is 0 Å². The second kappa shape index (κ2) is 5.98. The summed E-state index contributed by atoms with van der Waals surface area (Å²) in [5.41, 5.74) is 5.23. The van der Waals surface area contributed by atoms with Crippen molar-refractivity contribution < 1.29 is 9.90 Å². The van der Waals surface area contributed by atoms with Crippen LogP contribution in [0.15, 0.2) is 0 Å². The van der Waals surface area contributed by atoms with Crippen LogP contribution in [0.4, 0.5) is 0 Å². The number of hydrogen-bond acceptors (Lipinski definition) is 3. The first-order chi connectivity index (χ1) is 6.51. The fourth-order valence-corrected chi connectivity index (χ4v) is 1.22. The molecular weight excluding hydrogens is 180 g/mol. The summed E-state index contributed by atoms with van der Waals surface area (Å²) in [6, 6.07) is -0.486. The number of carbonyl (C=O) groups is 1. The maximum absolute atomic E-state index is 11.2. The molecule has 0 aliphatic heterocycles. The van der Waals surface area contributed by atoms with Crippen molar-refractivity contribution in [3.05, 3.63) is 0 Å². The van der Waals surface area contributed by atoms with E-state index >= 15 is 0 Å². The highest BCUT2D eigenvalue weighted by Gasteiger charge is 2.26. The molecule has 0 rings (SSSR count). The third-order valence-electron chi connectivity index (χ3n) is 2.89. The summed E-state index contributed by atoms with van der Waals surface area (Å²) in [6.45, 7) is 6.26. The Balaban J connectivity index is 4.12. The Morgan fingerprint density at radius 3 is 2.29 bits per heavy atom. The molecule has 0 aliphatic rings. The highest BCUT2D eigenvalue weighted by atomic mass is 16.3. The van der Waals surface area contributed by atoms with Gasteiger partial charge in [-0.3, -0.25) is 4.79 Å². The molecule has 0 aromatic rings. The van der Waals surface area contributed by atoms with E-state index in [2.05, 4.69) is 5.32 Å². The molecular formula is C10H22N2O2. The molecule has 0 unspecified atom stereocenters. The zero-order chi connectivity index (χ0) is 11.2. The molecule has 1 atom stereocenters. The fourth-order valence-electron chi connectivity index (χ4n) is 1.22. The Hall–Kier alpha value is -0.610. The molecule has 0 bridgehead atoms. The largest absolute Gasteiger partial charge is 0.396 e. The summed E-state index contributed by atoms with van der Waals surface area (Å²) in [5.74, 6) is -0.162. The molecule has 1 amide bonds. The summed E-state index contributed by atoms with van der Waals surface area (Å²) >= 11 is 0. The number of hydrogen-bond donors (Lipinski definition) is 3. The van der Waals surface area contributed by atoms with Crippen LogP contribution in [0.1, 0.15) is 33.6 Å². The number of rotatable bonds is 6. The monoisotopic (exact) mass is 202 g/mol. The molecule has 0 aliphatic carbocycles. The van der Waals surface area contributed by atoms with Gasteiger partial charge in [0, 0.05) is 12.0 Å². The minimum absolute atomic E-state index is 0.0965. The standard InChI is InChI=1S/C10H22N2O2/c1-4-10(5-2,7-13)6-12-9(14)8(3)11/h8,13H,4-7,11H2,1-3H3,(H,12,14)/t8-/m1/s1. The molecule has 84 valence electrons. The first-order valence-corrected chi connectivity index (χ1v) is 5.15. The zero-order valence-corrected chi connectivity index (χ0v) is 9.34. The van der Waals surface area contributed by atoms with Gasteiger partial charge in [-0.2, -0.15) is 0 Å². The summed E-state index contributed by atoms with van der Waals surface area (Å²) < 4.78 is 0. The fraction of sp³-hybridized carbons (Fsp3) is 0.900. The number of aliphatic hydroxyl groups excluding tert-OH is 1. The van der Waals surface area contributed by atoms with Gasteiger partial charge in [0.1, 0.15) is 0 Å². The van der Waals surface area contributed by atoms with E-state index in [0.29, 0.717) is 6.54 Å². The molecule has 0 radical (unpaired) electrons. The normalized spacial score (nSPS) is 13.8. The molecule has 0 fully saturated rings. The van der Waals surface area contributed by atoms with E-state index in [9.17, 15) is 9.90 Å². The van der Waals surface area contributed by atoms with Gasteiger partial charge in [-0.1, -0.05) is 13.8 Å². The van der Waals surface area contributed by atoms with E-state index < -0.39 is 6.04 Å². The van der Waals surface area contributed by atoms with E-state index in [1.54, 1.807) is 6.92 Å². The summed E-state index contributed by atoms with van der Waals surface area (Å²) in [6.07, 6.45) is 1.69. The second-order valence-electron chi connectivity index (χ2n) is 3.87. The lowest BCUT2D eigenvalue weighted by Gasteiger charge is -2.29. The summed E-state index contributed by atoms with van der Waals surface area (Å²) in [4.78, 5) is 11.2. The third-order valence-corrected chi connectivity index (χ3v) is 2.89. The third kappa shape index (κ3) is 3.64. The van der Waals surface area contributed by atoms with Crippen molar-refractivity contribution in [3.63, 3.8) is 0 Å². The molecule has 4 heteroatoms. The van der Waals surface area contributed by atoms with Gasteiger partial charge in [0.15, 0.2) is 0 Å². The van der Waals surface area contributed by atoms with Gasteiger partial charge < -0.3 is 16.2 Å². The lowest BCUT2D eigenvalue weighted by molar-refractivity contribution is -0.122. The Bertz CT molecular complexity index is 169. The molecule has 0 saturated carbocycles. The molecule has 0 saturated heterocycles. The topological polar surface area (TPSA) is 75.3 Å². The Morgan fingerprint density at radius 2 is 2.00 bits per heavy atom. The van der Waals surface area contributed by atoms with Crippen LogP contribution >= 0.6 is 0 Å². The van der Waals surface area contributed by atoms with Gasteiger partial charge in [0.05, 0.1) is 12.6 Å². The second-order valence-corrected chi connectivity index (χ2v) is 3.87. The Labute approximate surface area is 85.9 Å². The number of amides is 1. The van der Waals surface area contributed by atoms with Crippen molar-refractivity contribution in [3.8, 4) is 0 Å². The summed E-state index contributed by atoms with van der Waals surface area (Å²) in [7, 11) is 0. The molecule has 0 heterocycles. The van der Waals surface area contributed by atoms with Crippen molar-refractivity contribution in [2.45, 2.75) is 39.7 Å². The quantitative estimate of drug-likeness (QED) is 0.578. The first-order valence-electron chi connectivity index (χ1n) is 5.15. The number of nitrogens with two attached hydrogens (primary N) is 1. The maximum atomic E-state index is 11.2. The van der Waals surface area contributed by atoms with E-state index in [1.807, 2.05) is 13.8 Å². The van der Waals surface area contributed by atoms with Crippen molar-refractivity contribution in [1.29, 1.82) is 0 Å². The molecule has 0 spiro atoms. The maximum Gasteiger partial charge on any atom is 0.236 e. The van der Waals surface area contributed by atoms with Gasteiger partial charge in [-0.05, 0) is 19.8 Å². The van der Waals surface area contributed by atoms with Crippen molar-refractivity contribution in [2.24, 2.45) is 11.1 Å². The average molecular weight is 202 g/mol. The van der Waals surface area contributed by atoms with Crippen LogP contribution < -0.4 is 11.1 Å². The minimum atomic E-state index is -0.486. The SMILES string of the molecule is CCC(CC)(CO)CNC(=O)[C@@H](C)N. The molecule has 0 aromatic carbocycles. The predicted octanol–water partition coefficient (Wildman–Crippen LogP) is 0.249. The van der Waals surface area contributed by atoms with Crippen LogP contribution in [0.2, 0.25) is 0 Å². The average Bonchev–Trinajstić information content (AvgIpc) is 2.20. The van der Waals surface area contributed by atoms with Crippen LogP contribution in [-0.4, -0.2) is 30.2 Å². The highest BCUT2D eigenvalue weighted by molar-refractivity contribution is 5.80. The van der Waals surface area contributed by atoms with Crippen LogP contribution in [0.3, 0.4) is 0 Å².